The van der Waals surface area contributed by atoms with Gasteiger partial charge in [0, 0.05) is 51.4 Å². The summed E-state index contributed by atoms with van der Waals surface area (Å²) in [5.74, 6) is -0.455. The van der Waals surface area contributed by atoms with E-state index < -0.39 is 45.4 Å². The van der Waals surface area contributed by atoms with Gasteiger partial charge in [-0.15, -0.1) is 5.10 Å². The monoisotopic (exact) mass is 655 g/mol. The van der Waals surface area contributed by atoms with Gasteiger partial charge >= 0.3 is 0 Å². The van der Waals surface area contributed by atoms with E-state index in [2.05, 4.69) is 44.0 Å². The smallest absolute Gasteiger partial charge is 0.250 e. The van der Waals surface area contributed by atoms with Crippen molar-refractivity contribution in [2.24, 2.45) is 5.92 Å². The number of piperazine rings is 1. The molecule has 3 N–H and O–H groups in total. The van der Waals surface area contributed by atoms with Crippen LogP contribution < -0.4 is 9.62 Å². The zero-order valence-electron chi connectivity index (χ0n) is 26.2. The number of methoxy groups -OCH3 is 1. The number of ether oxygens (including phenoxy) is 3. The zero-order valence-corrected chi connectivity index (χ0v) is 27.0. The van der Waals surface area contributed by atoms with E-state index in [-0.39, 0.29) is 26.3 Å². The molecular formula is C31H41N7O7S. The maximum atomic E-state index is 12.9. The van der Waals surface area contributed by atoms with Gasteiger partial charge in [0.05, 0.1) is 32.1 Å². The molecule has 0 saturated carbocycles. The van der Waals surface area contributed by atoms with Gasteiger partial charge in [-0.1, -0.05) is 30.3 Å². The SMILES string of the molecule is CO[C@H]1O[C@H](Cn2cc(COCCNS(=O)(=O)/C(C#N)=C/c3ccc4cc(N5CCN(C)CC5)ccc4c3)nn2)[C@@H](O)[C@H](C)[C@H]1O. The molecule has 3 aromatic rings. The molecular weight excluding hydrogens is 614 g/mol. The first-order chi connectivity index (χ1) is 22.1. The number of likely N-dealkylation sites (N-methyl/N-ethyl adjacent to an activating group) is 1. The lowest BCUT2D eigenvalue weighted by atomic mass is 9.90. The fourth-order valence-electron chi connectivity index (χ4n) is 5.57. The number of nitrogens with one attached hydrogen (secondary N) is 1. The van der Waals surface area contributed by atoms with Crippen LogP contribution in [0.2, 0.25) is 0 Å². The first-order valence-corrected chi connectivity index (χ1v) is 16.7. The van der Waals surface area contributed by atoms with E-state index in [4.69, 9.17) is 14.2 Å². The average molecular weight is 656 g/mol. The number of nitrogens with zero attached hydrogens (tertiary/aromatic N) is 6. The van der Waals surface area contributed by atoms with Crippen LogP contribution in [0.4, 0.5) is 5.69 Å². The number of sulfonamides is 1. The Labute approximate surface area is 268 Å². The summed E-state index contributed by atoms with van der Waals surface area (Å²) in [6.07, 6.45) is -0.405. The molecule has 0 unspecified atom stereocenters. The molecule has 15 heteroatoms. The molecule has 2 aliphatic heterocycles. The Morgan fingerprint density at radius 2 is 1.89 bits per heavy atom. The molecule has 248 valence electrons. The van der Waals surface area contributed by atoms with Gasteiger partial charge in [-0.05, 0) is 47.7 Å². The van der Waals surface area contributed by atoms with Crippen molar-refractivity contribution in [3.05, 3.63) is 58.8 Å². The van der Waals surface area contributed by atoms with E-state index in [1.165, 1.54) is 17.9 Å². The third kappa shape index (κ3) is 8.08. The Bertz CT molecular complexity index is 1660. The average Bonchev–Trinajstić information content (AvgIpc) is 3.50. The minimum Gasteiger partial charge on any atom is -0.390 e. The van der Waals surface area contributed by atoms with Crippen molar-refractivity contribution in [2.75, 3.05) is 58.4 Å². The molecule has 5 atom stereocenters. The van der Waals surface area contributed by atoms with Crippen LogP contribution in [0.25, 0.3) is 16.8 Å². The lowest BCUT2D eigenvalue weighted by Gasteiger charge is -2.40. The van der Waals surface area contributed by atoms with Gasteiger partial charge in [0.1, 0.15) is 24.0 Å². The maximum absolute atomic E-state index is 12.9. The molecule has 46 heavy (non-hydrogen) atoms. The summed E-state index contributed by atoms with van der Waals surface area (Å²) in [5, 5.41) is 40.3. The second-order valence-electron chi connectivity index (χ2n) is 11.7. The van der Waals surface area contributed by atoms with Gasteiger partial charge in [0.2, 0.25) is 0 Å². The summed E-state index contributed by atoms with van der Waals surface area (Å²) in [5.41, 5.74) is 2.26. The highest BCUT2D eigenvalue weighted by Crippen LogP contribution is 2.28. The van der Waals surface area contributed by atoms with E-state index in [1.807, 2.05) is 18.2 Å². The molecule has 2 aliphatic rings. The number of hydrogen-bond acceptors (Lipinski definition) is 12. The molecule has 5 rings (SSSR count). The van der Waals surface area contributed by atoms with Gasteiger partial charge in [-0.3, -0.25) is 0 Å². The third-order valence-corrected chi connectivity index (χ3v) is 9.81. The Kier molecular flexibility index (Phi) is 11.0. The van der Waals surface area contributed by atoms with Crippen molar-refractivity contribution in [1.82, 2.24) is 24.6 Å². The van der Waals surface area contributed by atoms with Crippen LogP contribution in [0, 0.1) is 17.2 Å². The second kappa shape index (κ2) is 15.0. The minimum absolute atomic E-state index is 0.0335. The Morgan fingerprint density at radius 3 is 2.63 bits per heavy atom. The number of rotatable bonds is 12. The van der Waals surface area contributed by atoms with Crippen LogP contribution in [0.15, 0.2) is 47.5 Å². The number of fused-ring (bicyclic) bond motifs is 1. The highest BCUT2D eigenvalue weighted by Gasteiger charge is 2.42. The van der Waals surface area contributed by atoms with E-state index in [9.17, 15) is 23.9 Å². The molecule has 0 radical (unpaired) electrons. The summed E-state index contributed by atoms with van der Waals surface area (Å²) in [4.78, 5) is 4.27. The number of anilines is 1. The highest BCUT2D eigenvalue weighted by molar-refractivity contribution is 7.93. The van der Waals surface area contributed by atoms with Crippen molar-refractivity contribution in [3.8, 4) is 6.07 Å². The van der Waals surface area contributed by atoms with Crippen molar-refractivity contribution in [2.45, 2.75) is 44.7 Å². The van der Waals surface area contributed by atoms with Crippen LogP contribution in [-0.2, 0) is 37.4 Å². The Balaban J connectivity index is 1.11. The Hall–Kier alpha value is -3.46. The number of allylic oxidation sites excluding steroid dienone is 1. The van der Waals surface area contributed by atoms with Gasteiger partial charge in [-0.25, -0.2) is 17.8 Å². The van der Waals surface area contributed by atoms with Crippen molar-refractivity contribution in [3.63, 3.8) is 0 Å². The molecule has 1 aromatic heterocycles. The number of aliphatic hydroxyl groups excluding tert-OH is 2. The van der Waals surface area contributed by atoms with Crippen LogP contribution in [0.1, 0.15) is 18.2 Å². The number of aromatic nitrogens is 3. The van der Waals surface area contributed by atoms with Gasteiger partial charge in [0.15, 0.2) is 11.2 Å². The van der Waals surface area contributed by atoms with E-state index in [1.54, 1.807) is 25.3 Å². The molecule has 3 heterocycles. The molecule has 0 bridgehead atoms. The van der Waals surface area contributed by atoms with E-state index >= 15 is 0 Å². The number of nitriles is 1. The highest BCUT2D eigenvalue weighted by atomic mass is 32.2. The second-order valence-corrected chi connectivity index (χ2v) is 13.4. The van der Waals surface area contributed by atoms with Crippen LogP contribution in [0.5, 0.6) is 0 Å². The van der Waals surface area contributed by atoms with Gasteiger partial charge < -0.3 is 34.2 Å². The van der Waals surface area contributed by atoms with Crippen LogP contribution >= 0.6 is 0 Å². The molecule has 14 nitrogen and oxygen atoms in total. The van der Waals surface area contributed by atoms with Gasteiger partial charge in [-0.2, -0.15) is 5.26 Å². The summed E-state index contributed by atoms with van der Waals surface area (Å²) in [7, 11) is -0.520. The number of aliphatic hydroxyl groups is 2. The fourth-order valence-corrected chi connectivity index (χ4v) is 6.49. The standard InChI is InChI=1S/C31H41N7O7S/c1-21-29(39)28(45-31(43-3)30(21)40)19-38-18-25(34-35-38)20-44-13-8-33-46(41,42)27(17-32)15-22-4-5-24-16-26(7-6-23(24)14-22)37-11-9-36(2)10-12-37/h4-7,14-16,18,21,28-31,33,39-40H,8-13,19-20H2,1-3H3/b27-15+/t21-,28+,29-,30+,31-/m0/s1. The third-order valence-electron chi connectivity index (χ3n) is 8.43. The van der Waals surface area contributed by atoms with Crippen molar-refractivity contribution >= 4 is 32.6 Å². The lowest BCUT2D eigenvalue weighted by Crippen LogP contribution is -2.54. The predicted octanol–water partition coefficient (Wildman–Crippen LogP) is 0.913. The summed E-state index contributed by atoms with van der Waals surface area (Å²) in [6, 6.07) is 13.6. The van der Waals surface area contributed by atoms with Crippen LogP contribution in [-0.4, -0.2) is 117 Å². The maximum Gasteiger partial charge on any atom is 0.250 e. The number of hydrogen-bond donors (Lipinski definition) is 3. The summed E-state index contributed by atoms with van der Waals surface area (Å²) < 4.78 is 46.0. The molecule has 2 fully saturated rings. The first kappa shape index (κ1) is 33.9. The molecule has 2 saturated heterocycles. The lowest BCUT2D eigenvalue weighted by molar-refractivity contribution is -0.277. The zero-order chi connectivity index (χ0) is 32.8. The van der Waals surface area contributed by atoms with Crippen molar-refractivity contribution < 1.29 is 32.8 Å². The fraction of sp³-hybridized carbons (Fsp3) is 0.516. The molecule has 2 aromatic carbocycles. The van der Waals surface area contributed by atoms with E-state index in [0.717, 1.165) is 42.6 Å². The van der Waals surface area contributed by atoms with Crippen LogP contribution in [0.3, 0.4) is 0 Å². The molecule has 0 aliphatic carbocycles. The van der Waals surface area contributed by atoms with Gasteiger partial charge in [0.25, 0.3) is 10.0 Å². The number of benzene rings is 2. The Morgan fingerprint density at radius 1 is 1.15 bits per heavy atom. The predicted molar refractivity (Wildman–Crippen MR) is 171 cm³/mol. The minimum atomic E-state index is -4.07. The molecule has 0 spiro atoms. The summed E-state index contributed by atoms with van der Waals surface area (Å²) >= 11 is 0. The quantitative estimate of drug-likeness (QED) is 0.186. The van der Waals surface area contributed by atoms with E-state index in [0.29, 0.717) is 11.3 Å². The normalized spacial score (nSPS) is 24.7. The molecule has 0 amide bonds. The van der Waals surface area contributed by atoms with Crippen molar-refractivity contribution in [1.29, 1.82) is 5.26 Å². The summed E-state index contributed by atoms with van der Waals surface area (Å²) in [6.45, 7) is 5.92. The largest absolute Gasteiger partial charge is 0.390 e. The first-order valence-electron chi connectivity index (χ1n) is 15.2. The topological polar surface area (TPSA) is 175 Å².